The molecule has 0 N–H and O–H groups in total. The quantitative estimate of drug-likeness (QED) is 0.697. The number of amides is 1. The maximum absolute atomic E-state index is 13.3. The molecule has 1 unspecified atom stereocenters. The highest BCUT2D eigenvalue weighted by atomic mass is 16.6. The van der Waals surface area contributed by atoms with Gasteiger partial charge < -0.3 is 14.4 Å². The number of tetrazole rings is 1. The third-order valence-corrected chi connectivity index (χ3v) is 5.17. The summed E-state index contributed by atoms with van der Waals surface area (Å²) in [5.41, 5.74) is 2.45. The van der Waals surface area contributed by atoms with E-state index < -0.39 is 0 Å². The van der Waals surface area contributed by atoms with Gasteiger partial charge >= 0.3 is 0 Å². The summed E-state index contributed by atoms with van der Waals surface area (Å²) in [4.78, 5) is 15.2. The van der Waals surface area contributed by atoms with Crippen molar-refractivity contribution in [2.24, 2.45) is 0 Å². The summed E-state index contributed by atoms with van der Waals surface area (Å²) >= 11 is 0. The fraction of sp³-hybridized carbons (Fsp3) is 0.300. The van der Waals surface area contributed by atoms with Gasteiger partial charge in [0.1, 0.15) is 19.5 Å². The molecular weight excluding hydrogens is 358 g/mol. The van der Waals surface area contributed by atoms with Crippen LogP contribution in [0, 0.1) is 0 Å². The summed E-state index contributed by atoms with van der Waals surface area (Å²) in [6.45, 7) is 1.85. The lowest BCUT2D eigenvalue weighted by atomic mass is 10.0. The topological polar surface area (TPSA) is 82.4 Å². The van der Waals surface area contributed by atoms with Gasteiger partial charge in [-0.3, -0.25) is 4.79 Å². The molecule has 5 rings (SSSR count). The number of nitrogens with zero attached hydrogens (tertiary/aromatic N) is 5. The van der Waals surface area contributed by atoms with Crippen LogP contribution in [0.1, 0.15) is 34.8 Å². The van der Waals surface area contributed by atoms with Crippen molar-refractivity contribution in [2.75, 3.05) is 19.8 Å². The molecule has 1 atom stereocenters. The van der Waals surface area contributed by atoms with Gasteiger partial charge in [-0.05, 0) is 59.2 Å². The zero-order valence-corrected chi connectivity index (χ0v) is 15.2. The van der Waals surface area contributed by atoms with E-state index in [9.17, 15) is 4.79 Å². The van der Waals surface area contributed by atoms with Crippen LogP contribution in [0.4, 0.5) is 0 Å². The van der Waals surface area contributed by atoms with Crippen molar-refractivity contribution < 1.29 is 14.3 Å². The van der Waals surface area contributed by atoms with Crippen molar-refractivity contribution in [2.45, 2.75) is 18.9 Å². The molecule has 3 aromatic rings. The first kappa shape index (κ1) is 16.7. The number of carbonyl (C=O) groups is 1. The Bertz CT molecular complexity index is 1000. The molecule has 28 heavy (non-hydrogen) atoms. The van der Waals surface area contributed by atoms with Crippen LogP contribution in [0.2, 0.25) is 0 Å². The van der Waals surface area contributed by atoms with E-state index in [0.29, 0.717) is 18.8 Å². The maximum Gasteiger partial charge on any atom is 0.254 e. The first-order chi connectivity index (χ1) is 13.8. The van der Waals surface area contributed by atoms with E-state index in [1.54, 1.807) is 4.68 Å². The standard InChI is InChI=1S/C20H19N5O3/c26-20(15-3-1-4-16(11-15)25-13-21-22-23-25)24-8-2-5-17(24)14-6-7-18-19(12-14)28-10-9-27-18/h1,3-4,6-7,11-13,17H,2,5,8-10H2. The second kappa shape index (κ2) is 6.95. The fourth-order valence-electron chi connectivity index (χ4n) is 3.85. The van der Waals surface area contributed by atoms with Crippen LogP contribution < -0.4 is 9.47 Å². The number of hydrogen-bond acceptors (Lipinski definition) is 6. The van der Waals surface area contributed by atoms with Gasteiger partial charge in [-0.2, -0.15) is 0 Å². The molecule has 1 amide bonds. The summed E-state index contributed by atoms with van der Waals surface area (Å²) in [6, 6.07) is 13.4. The lowest BCUT2D eigenvalue weighted by Crippen LogP contribution is -2.30. The Labute approximate surface area is 161 Å². The summed E-state index contributed by atoms with van der Waals surface area (Å²) < 4.78 is 12.9. The minimum absolute atomic E-state index is 0.00677. The van der Waals surface area contributed by atoms with Crippen molar-refractivity contribution >= 4 is 5.91 Å². The number of ether oxygens (including phenoxy) is 2. The number of hydrogen-bond donors (Lipinski definition) is 0. The largest absolute Gasteiger partial charge is 0.486 e. The average molecular weight is 377 g/mol. The van der Waals surface area contributed by atoms with Crippen molar-refractivity contribution in [3.05, 3.63) is 59.9 Å². The zero-order valence-electron chi connectivity index (χ0n) is 15.2. The minimum Gasteiger partial charge on any atom is -0.486 e. The third kappa shape index (κ3) is 2.96. The van der Waals surface area contributed by atoms with Crippen LogP contribution in [0.3, 0.4) is 0 Å². The molecule has 0 bridgehead atoms. The van der Waals surface area contributed by atoms with Gasteiger partial charge in [-0.25, -0.2) is 4.68 Å². The van der Waals surface area contributed by atoms with Gasteiger partial charge in [-0.15, -0.1) is 5.10 Å². The molecule has 0 radical (unpaired) electrons. The van der Waals surface area contributed by atoms with Gasteiger partial charge in [0, 0.05) is 12.1 Å². The van der Waals surface area contributed by atoms with Crippen molar-refractivity contribution in [3.63, 3.8) is 0 Å². The lowest BCUT2D eigenvalue weighted by Gasteiger charge is -2.27. The fourth-order valence-corrected chi connectivity index (χ4v) is 3.85. The first-order valence-corrected chi connectivity index (χ1v) is 9.33. The molecule has 2 aliphatic rings. The van der Waals surface area contributed by atoms with E-state index in [0.717, 1.165) is 42.1 Å². The molecule has 8 nitrogen and oxygen atoms in total. The Kier molecular flexibility index (Phi) is 4.16. The molecule has 2 aromatic carbocycles. The predicted octanol–water partition coefficient (Wildman–Crippen LogP) is 2.41. The molecule has 2 aliphatic heterocycles. The number of likely N-dealkylation sites (tertiary alicyclic amines) is 1. The summed E-state index contributed by atoms with van der Waals surface area (Å²) in [5, 5.41) is 11.2. The van der Waals surface area contributed by atoms with Gasteiger partial charge in [0.25, 0.3) is 5.91 Å². The van der Waals surface area contributed by atoms with Crippen LogP contribution in [-0.4, -0.2) is 50.8 Å². The monoisotopic (exact) mass is 377 g/mol. The van der Waals surface area contributed by atoms with E-state index >= 15 is 0 Å². The van der Waals surface area contributed by atoms with Gasteiger partial charge in [0.05, 0.1) is 11.7 Å². The Morgan fingerprint density at radius 1 is 1.07 bits per heavy atom. The molecule has 3 heterocycles. The smallest absolute Gasteiger partial charge is 0.254 e. The molecule has 0 spiro atoms. The van der Waals surface area contributed by atoms with Crippen molar-refractivity contribution in [3.8, 4) is 17.2 Å². The van der Waals surface area contributed by atoms with Gasteiger partial charge in [0.15, 0.2) is 11.5 Å². The second-order valence-electron chi connectivity index (χ2n) is 6.86. The van der Waals surface area contributed by atoms with E-state index in [2.05, 4.69) is 15.5 Å². The van der Waals surface area contributed by atoms with Crippen LogP contribution in [0.5, 0.6) is 11.5 Å². The van der Waals surface area contributed by atoms with E-state index in [4.69, 9.17) is 9.47 Å². The molecule has 142 valence electrons. The Balaban J connectivity index is 1.42. The van der Waals surface area contributed by atoms with Crippen LogP contribution >= 0.6 is 0 Å². The summed E-state index contributed by atoms with van der Waals surface area (Å²) in [7, 11) is 0. The number of fused-ring (bicyclic) bond motifs is 1. The molecule has 1 fully saturated rings. The molecule has 8 heteroatoms. The average Bonchev–Trinajstić information content (AvgIpc) is 3.45. The predicted molar refractivity (Wildman–Crippen MR) is 99.6 cm³/mol. The van der Waals surface area contributed by atoms with Crippen LogP contribution in [0.25, 0.3) is 5.69 Å². The highest BCUT2D eigenvalue weighted by Crippen LogP contribution is 2.38. The Morgan fingerprint density at radius 3 is 2.82 bits per heavy atom. The van der Waals surface area contributed by atoms with Crippen LogP contribution in [-0.2, 0) is 0 Å². The second-order valence-corrected chi connectivity index (χ2v) is 6.86. The lowest BCUT2D eigenvalue weighted by molar-refractivity contribution is 0.0735. The summed E-state index contributed by atoms with van der Waals surface area (Å²) in [6.07, 6.45) is 3.41. The summed E-state index contributed by atoms with van der Waals surface area (Å²) in [5.74, 6) is 1.52. The molecule has 0 saturated carbocycles. The molecule has 1 saturated heterocycles. The number of carbonyl (C=O) groups excluding carboxylic acids is 1. The number of benzene rings is 2. The molecule has 1 aromatic heterocycles. The highest BCUT2D eigenvalue weighted by Gasteiger charge is 2.31. The Hall–Kier alpha value is -3.42. The van der Waals surface area contributed by atoms with Crippen molar-refractivity contribution in [1.82, 2.24) is 25.1 Å². The van der Waals surface area contributed by atoms with Crippen molar-refractivity contribution in [1.29, 1.82) is 0 Å². The first-order valence-electron chi connectivity index (χ1n) is 9.33. The zero-order chi connectivity index (χ0) is 18.9. The van der Waals surface area contributed by atoms with E-state index in [1.807, 2.05) is 47.4 Å². The van der Waals surface area contributed by atoms with Gasteiger partial charge in [-0.1, -0.05) is 12.1 Å². The third-order valence-electron chi connectivity index (χ3n) is 5.17. The maximum atomic E-state index is 13.3. The number of aromatic nitrogens is 4. The normalized spacial score (nSPS) is 18.3. The van der Waals surface area contributed by atoms with E-state index in [1.165, 1.54) is 6.33 Å². The highest BCUT2D eigenvalue weighted by molar-refractivity contribution is 5.95. The molecular formula is C20H19N5O3. The Morgan fingerprint density at radius 2 is 1.96 bits per heavy atom. The minimum atomic E-state index is 0.00677. The molecule has 0 aliphatic carbocycles. The SMILES string of the molecule is O=C(c1cccc(-n2cnnn2)c1)N1CCCC1c1ccc2c(c1)OCCO2. The number of rotatable bonds is 3. The van der Waals surface area contributed by atoms with Gasteiger partial charge in [0.2, 0.25) is 0 Å². The van der Waals surface area contributed by atoms with Crippen LogP contribution in [0.15, 0.2) is 48.8 Å². The van der Waals surface area contributed by atoms with E-state index in [-0.39, 0.29) is 11.9 Å².